The number of pyridine rings is 1. The zero-order chi connectivity index (χ0) is 20.5. The maximum absolute atomic E-state index is 13.0. The van der Waals surface area contributed by atoms with Crippen LogP contribution in [0.4, 0.5) is 13.2 Å². The Labute approximate surface area is 155 Å². The molecule has 0 atom stereocenters. The van der Waals surface area contributed by atoms with E-state index in [-0.39, 0.29) is 23.2 Å². The summed E-state index contributed by atoms with van der Waals surface area (Å²) in [6.45, 7) is 0. The number of nitrogens with zero attached hydrogens (tertiary/aromatic N) is 3. The number of hydrogen-bond donors (Lipinski definition) is 1. The Morgan fingerprint density at radius 1 is 1.04 bits per heavy atom. The van der Waals surface area contributed by atoms with Gasteiger partial charge in [0.15, 0.2) is 11.5 Å². The Morgan fingerprint density at radius 2 is 1.71 bits per heavy atom. The van der Waals surface area contributed by atoms with E-state index in [9.17, 15) is 22.8 Å². The molecule has 0 radical (unpaired) electrons. The van der Waals surface area contributed by atoms with Crippen LogP contribution in [0.15, 0.2) is 58.1 Å². The lowest BCUT2D eigenvalue weighted by molar-refractivity contribution is -0.144. The number of benzene rings is 1. The fraction of sp³-hybridized carbons (Fsp3) is 0.118. The molecule has 0 saturated heterocycles. The number of nitrogens with two attached hydrogens (primary N) is 1. The minimum absolute atomic E-state index is 0.0316. The number of para-hydroxylation sites is 2. The standard InChI is InChI=1S/C17H13F3N4O4/c1-23-12(17(18,19)20)9-15(25)24(16(23)26)13-7-4-8-14(22-13)27-10-5-2-3-6-11(10)28-21/h2-9H,21H2,1H3. The molecule has 0 spiro atoms. The second kappa shape index (κ2) is 7.19. The van der Waals surface area contributed by atoms with Crippen molar-refractivity contribution >= 4 is 0 Å². The summed E-state index contributed by atoms with van der Waals surface area (Å²) in [5, 5.41) is 0. The lowest BCUT2D eigenvalue weighted by Crippen LogP contribution is -2.41. The van der Waals surface area contributed by atoms with E-state index in [1.54, 1.807) is 18.2 Å². The highest BCUT2D eigenvalue weighted by molar-refractivity contribution is 5.42. The smallest absolute Gasteiger partial charge is 0.431 e. The maximum atomic E-state index is 13.0. The Kier molecular flexibility index (Phi) is 4.92. The first-order valence-corrected chi connectivity index (χ1v) is 7.73. The molecule has 0 fully saturated rings. The molecule has 28 heavy (non-hydrogen) atoms. The first-order valence-electron chi connectivity index (χ1n) is 7.73. The van der Waals surface area contributed by atoms with E-state index in [1.165, 1.54) is 24.3 Å². The van der Waals surface area contributed by atoms with Gasteiger partial charge in [0.2, 0.25) is 5.88 Å². The molecule has 2 heterocycles. The predicted molar refractivity (Wildman–Crippen MR) is 91.4 cm³/mol. The summed E-state index contributed by atoms with van der Waals surface area (Å²) in [7, 11) is 0.913. The van der Waals surface area contributed by atoms with Crippen LogP contribution >= 0.6 is 0 Å². The molecule has 11 heteroatoms. The van der Waals surface area contributed by atoms with Crippen molar-refractivity contribution in [3.63, 3.8) is 0 Å². The number of aromatic nitrogens is 3. The highest BCUT2D eigenvalue weighted by Crippen LogP contribution is 2.30. The third kappa shape index (κ3) is 3.60. The van der Waals surface area contributed by atoms with Crippen molar-refractivity contribution in [2.24, 2.45) is 12.9 Å². The first kappa shape index (κ1) is 19.2. The van der Waals surface area contributed by atoms with Gasteiger partial charge < -0.3 is 9.57 Å². The zero-order valence-electron chi connectivity index (χ0n) is 14.3. The molecule has 1 aromatic carbocycles. The Morgan fingerprint density at radius 3 is 2.36 bits per heavy atom. The summed E-state index contributed by atoms with van der Waals surface area (Å²) in [5.74, 6) is 5.33. The lowest BCUT2D eigenvalue weighted by Gasteiger charge is -2.14. The van der Waals surface area contributed by atoms with Gasteiger partial charge in [-0.3, -0.25) is 9.36 Å². The van der Waals surface area contributed by atoms with Crippen molar-refractivity contribution < 1.29 is 22.7 Å². The molecular weight excluding hydrogens is 381 g/mol. The molecule has 0 bridgehead atoms. The van der Waals surface area contributed by atoms with Crippen molar-refractivity contribution in [3.05, 3.63) is 75.1 Å². The highest BCUT2D eigenvalue weighted by atomic mass is 19.4. The van der Waals surface area contributed by atoms with Crippen LogP contribution < -0.4 is 26.7 Å². The SMILES string of the molecule is Cn1c(C(F)(F)F)cc(=O)n(-c2cccc(Oc3ccccc3ON)n2)c1=O. The Bertz CT molecular complexity index is 1140. The summed E-state index contributed by atoms with van der Waals surface area (Å²) in [6, 6.07) is 10.9. The molecule has 0 aliphatic carbocycles. The molecule has 3 aromatic rings. The lowest BCUT2D eigenvalue weighted by atomic mass is 10.3. The summed E-state index contributed by atoms with van der Waals surface area (Å²) in [5.41, 5.74) is -3.74. The normalized spacial score (nSPS) is 11.3. The minimum atomic E-state index is -4.85. The first-order chi connectivity index (χ1) is 13.2. The molecular formula is C17H13F3N4O4. The van der Waals surface area contributed by atoms with Gasteiger partial charge in [-0.15, -0.1) is 0 Å². The van der Waals surface area contributed by atoms with Crippen molar-refractivity contribution in [3.8, 4) is 23.2 Å². The van der Waals surface area contributed by atoms with Crippen LogP contribution in [0.25, 0.3) is 5.82 Å². The van der Waals surface area contributed by atoms with Crippen LogP contribution in [-0.4, -0.2) is 14.1 Å². The van der Waals surface area contributed by atoms with Gasteiger partial charge in [-0.1, -0.05) is 18.2 Å². The second-order valence-electron chi connectivity index (χ2n) is 5.54. The number of ether oxygens (including phenoxy) is 1. The third-order valence-corrected chi connectivity index (χ3v) is 3.74. The second-order valence-corrected chi connectivity index (χ2v) is 5.54. The van der Waals surface area contributed by atoms with E-state index in [1.807, 2.05) is 0 Å². The number of halogens is 3. The van der Waals surface area contributed by atoms with E-state index in [4.69, 9.17) is 10.6 Å². The summed E-state index contributed by atoms with van der Waals surface area (Å²) in [4.78, 5) is 33.2. The Balaban J connectivity index is 2.07. The fourth-order valence-corrected chi connectivity index (χ4v) is 2.44. The van der Waals surface area contributed by atoms with Crippen molar-refractivity contribution in [2.75, 3.05) is 0 Å². The van der Waals surface area contributed by atoms with Gasteiger partial charge in [0, 0.05) is 19.2 Å². The predicted octanol–water partition coefficient (Wildman–Crippen LogP) is 1.99. The van der Waals surface area contributed by atoms with Crippen molar-refractivity contribution in [1.29, 1.82) is 0 Å². The van der Waals surface area contributed by atoms with E-state index in [0.29, 0.717) is 15.2 Å². The van der Waals surface area contributed by atoms with Gasteiger partial charge >= 0.3 is 11.9 Å². The van der Waals surface area contributed by atoms with Gasteiger partial charge in [0.25, 0.3) is 5.56 Å². The van der Waals surface area contributed by atoms with E-state index in [0.717, 1.165) is 7.05 Å². The number of hydrogen-bond acceptors (Lipinski definition) is 6. The molecule has 2 aromatic heterocycles. The van der Waals surface area contributed by atoms with Crippen LogP contribution in [0.2, 0.25) is 0 Å². The van der Waals surface area contributed by atoms with Crippen LogP contribution in [0, 0.1) is 0 Å². The molecule has 0 saturated carbocycles. The molecule has 0 aliphatic heterocycles. The van der Waals surface area contributed by atoms with Crippen LogP contribution in [0.5, 0.6) is 17.4 Å². The quantitative estimate of drug-likeness (QED) is 0.680. The topological polar surface area (TPSA) is 101 Å². The molecule has 0 unspecified atom stereocenters. The van der Waals surface area contributed by atoms with Crippen molar-refractivity contribution in [2.45, 2.75) is 6.18 Å². The average molecular weight is 394 g/mol. The largest absolute Gasteiger partial charge is 0.435 e. The molecule has 2 N–H and O–H groups in total. The summed E-state index contributed by atoms with van der Waals surface area (Å²) < 4.78 is 45.2. The van der Waals surface area contributed by atoms with Crippen LogP contribution in [-0.2, 0) is 13.2 Å². The van der Waals surface area contributed by atoms with Crippen molar-refractivity contribution in [1.82, 2.24) is 14.1 Å². The van der Waals surface area contributed by atoms with E-state index < -0.39 is 23.1 Å². The van der Waals surface area contributed by atoms with E-state index >= 15 is 0 Å². The van der Waals surface area contributed by atoms with Gasteiger partial charge in [0.05, 0.1) is 0 Å². The van der Waals surface area contributed by atoms with Crippen LogP contribution in [0.3, 0.4) is 0 Å². The third-order valence-electron chi connectivity index (χ3n) is 3.74. The highest BCUT2D eigenvalue weighted by Gasteiger charge is 2.35. The molecule has 0 aliphatic rings. The van der Waals surface area contributed by atoms with Gasteiger partial charge in [-0.25, -0.2) is 9.36 Å². The van der Waals surface area contributed by atoms with Gasteiger partial charge in [0.1, 0.15) is 11.5 Å². The molecule has 3 rings (SSSR count). The average Bonchev–Trinajstić information content (AvgIpc) is 2.65. The van der Waals surface area contributed by atoms with Gasteiger partial charge in [-0.2, -0.15) is 24.1 Å². The zero-order valence-corrected chi connectivity index (χ0v) is 14.3. The Hall–Kier alpha value is -3.60. The monoisotopic (exact) mass is 394 g/mol. The molecule has 146 valence electrons. The summed E-state index contributed by atoms with van der Waals surface area (Å²) in [6.07, 6.45) is -4.85. The number of alkyl halides is 3. The minimum Gasteiger partial charge on any atom is -0.435 e. The fourth-order valence-electron chi connectivity index (χ4n) is 2.44. The molecule has 0 amide bonds. The maximum Gasteiger partial charge on any atom is 0.431 e. The van der Waals surface area contributed by atoms with Crippen LogP contribution in [0.1, 0.15) is 5.69 Å². The van der Waals surface area contributed by atoms with Gasteiger partial charge in [-0.05, 0) is 18.2 Å². The van der Waals surface area contributed by atoms with E-state index in [2.05, 4.69) is 9.82 Å². The molecule has 8 nitrogen and oxygen atoms in total. The summed E-state index contributed by atoms with van der Waals surface area (Å²) >= 11 is 0. The number of rotatable bonds is 4.